The summed E-state index contributed by atoms with van der Waals surface area (Å²) in [6.45, 7) is 7.70. The van der Waals surface area contributed by atoms with Crippen molar-refractivity contribution in [2.75, 3.05) is 33.2 Å². The summed E-state index contributed by atoms with van der Waals surface area (Å²) >= 11 is 0. The zero-order valence-corrected chi connectivity index (χ0v) is 15.3. The van der Waals surface area contributed by atoms with E-state index in [0.717, 1.165) is 37.1 Å². The second-order valence-corrected chi connectivity index (χ2v) is 7.31. The molecule has 1 fully saturated rings. The maximum absolute atomic E-state index is 12.4. The van der Waals surface area contributed by atoms with Crippen molar-refractivity contribution >= 4 is 16.8 Å². The molecule has 0 atom stereocenters. The fraction of sp³-hybridized carbons (Fsp3) is 0.500. The number of likely N-dealkylation sites (N-methyl/N-ethyl adjacent to an activating group) is 1. The van der Waals surface area contributed by atoms with Crippen molar-refractivity contribution in [2.45, 2.75) is 32.6 Å². The molecule has 1 aliphatic heterocycles. The van der Waals surface area contributed by atoms with Crippen molar-refractivity contribution in [1.82, 2.24) is 14.8 Å². The average molecular weight is 341 g/mol. The van der Waals surface area contributed by atoms with Gasteiger partial charge in [0, 0.05) is 43.7 Å². The van der Waals surface area contributed by atoms with E-state index in [2.05, 4.69) is 42.9 Å². The second-order valence-electron chi connectivity index (χ2n) is 7.31. The van der Waals surface area contributed by atoms with Crippen LogP contribution >= 0.6 is 0 Å². The Balaban J connectivity index is 1.73. The van der Waals surface area contributed by atoms with Crippen LogP contribution in [0, 0.1) is 0 Å². The molecule has 134 valence electrons. The van der Waals surface area contributed by atoms with Gasteiger partial charge in [-0.2, -0.15) is 0 Å². The molecule has 0 spiro atoms. The minimum Gasteiger partial charge on any atom is -0.340 e. The summed E-state index contributed by atoms with van der Waals surface area (Å²) < 4.78 is 0. The predicted octanol–water partition coefficient (Wildman–Crippen LogP) is 2.36. The van der Waals surface area contributed by atoms with Crippen LogP contribution in [0.5, 0.6) is 0 Å². The Morgan fingerprint density at radius 3 is 2.56 bits per heavy atom. The molecule has 25 heavy (non-hydrogen) atoms. The predicted molar refractivity (Wildman–Crippen MR) is 101 cm³/mol. The maximum Gasteiger partial charge on any atom is 0.251 e. The molecule has 1 amide bonds. The molecule has 0 bridgehead atoms. The fourth-order valence-corrected chi connectivity index (χ4v) is 3.27. The molecular formula is C20H27N3O2. The minimum atomic E-state index is -0.0871. The van der Waals surface area contributed by atoms with E-state index in [0.29, 0.717) is 24.3 Å². The van der Waals surface area contributed by atoms with Gasteiger partial charge < -0.3 is 14.8 Å². The molecule has 1 saturated heterocycles. The maximum atomic E-state index is 12.4. The van der Waals surface area contributed by atoms with Crippen LogP contribution < -0.4 is 5.56 Å². The number of hydrogen-bond donors (Lipinski definition) is 1. The Kier molecular flexibility index (Phi) is 5.23. The largest absolute Gasteiger partial charge is 0.340 e. The number of H-pyrrole nitrogens is 1. The summed E-state index contributed by atoms with van der Waals surface area (Å²) in [6.07, 6.45) is 0.879. The SMILES string of the molecule is CC(C)c1ccc2[nH]c(=O)c(CCC(=O)N3CCN(C)CC3)cc2c1. The Labute approximate surface area is 148 Å². The number of nitrogens with one attached hydrogen (secondary N) is 1. The number of nitrogens with zero attached hydrogens (tertiary/aromatic N) is 2. The van der Waals surface area contributed by atoms with Crippen molar-refractivity contribution < 1.29 is 4.79 Å². The van der Waals surface area contributed by atoms with Gasteiger partial charge in [-0.25, -0.2) is 0 Å². The van der Waals surface area contributed by atoms with Gasteiger partial charge in [0.2, 0.25) is 5.91 Å². The number of benzene rings is 1. The number of aromatic amines is 1. The average Bonchev–Trinajstić information content (AvgIpc) is 2.59. The number of hydrogen-bond acceptors (Lipinski definition) is 3. The van der Waals surface area contributed by atoms with Crippen molar-refractivity contribution in [3.8, 4) is 0 Å². The van der Waals surface area contributed by atoms with Gasteiger partial charge in [0.1, 0.15) is 0 Å². The number of aromatic nitrogens is 1. The van der Waals surface area contributed by atoms with E-state index >= 15 is 0 Å². The third-order valence-corrected chi connectivity index (χ3v) is 5.08. The number of fused-ring (bicyclic) bond motifs is 1. The van der Waals surface area contributed by atoms with Gasteiger partial charge in [0.05, 0.1) is 0 Å². The van der Waals surface area contributed by atoms with E-state index in [-0.39, 0.29) is 11.5 Å². The molecule has 1 aliphatic rings. The monoisotopic (exact) mass is 341 g/mol. The molecule has 0 unspecified atom stereocenters. The Morgan fingerprint density at radius 1 is 1.16 bits per heavy atom. The summed E-state index contributed by atoms with van der Waals surface area (Å²) in [7, 11) is 2.07. The van der Waals surface area contributed by atoms with E-state index in [1.807, 2.05) is 17.0 Å². The summed E-state index contributed by atoms with van der Waals surface area (Å²) in [6, 6.07) is 8.09. The quantitative estimate of drug-likeness (QED) is 0.929. The molecule has 0 radical (unpaired) electrons. The number of carbonyl (C=O) groups excluding carboxylic acids is 1. The molecule has 2 aromatic rings. The summed E-state index contributed by atoms with van der Waals surface area (Å²) in [4.78, 5) is 31.8. The highest BCUT2D eigenvalue weighted by molar-refractivity contribution is 5.80. The Hall–Kier alpha value is -2.14. The molecule has 3 rings (SSSR count). The lowest BCUT2D eigenvalue weighted by molar-refractivity contribution is -0.132. The smallest absolute Gasteiger partial charge is 0.251 e. The van der Waals surface area contributed by atoms with Gasteiger partial charge in [-0.15, -0.1) is 0 Å². The van der Waals surface area contributed by atoms with Crippen LogP contribution in [0.2, 0.25) is 0 Å². The van der Waals surface area contributed by atoms with Gasteiger partial charge in [0.15, 0.2) is 0 Å². The topological polar surface area (TPSA) is 56.4 Å². The summed E-state index contributed by atoms with van der Waals surface area (Å²) in [5, 5.41) is 1.04. The van der Waals surface area contributed by atoms with Crippen LogP contribution in [0.1, 0.15) is 37.3 Å². The van der Waals surface area contributed by atoms with Crippen molar-refractivity contribution in [3.05, 3.63) is 45.7 Å². The lowest BCUT2D eigenvalue weighted by Gasteiger charge is -2.32. The van der Waals surface area contributed by atoms with Gasteiger partial charge in [-0.1, -0.05) is 19.9 Å². The molecule has 0 aliphatic carbocycles. The molecule has 1 aromatic heterocycles. The number of pyridine rings is 1. The Bertz CT molecular complexity index is 817. The second kappa shape index (κ2) is 7.40. The number of piperazine rings is 1. The molecule has 1 N–H and O–H groups in total. The first-order valence-electron chi connectivity index (χ1n) is 9.06. The van der Waals surface area contributed by atoms with E-state index in [9.17, 15) is 9.59 Å². The lowest BCUT2D eigenvalue weighted by Crippen LogP contribution is -2.47. The van der Waals surface area contributed by atoms with Crippen LogP contribution in [0.4, 0.5) is 0 Å². The first-order chi connectivity index (χ1) is 11.9. The van der Waals surface area contributed by atoms with E-state index < -0.39 is 0 Å². The van der Waals surface area contributed by atoms with E-state index in [4.69, 9.17) is 0 Å². The van der Waals surface area contributed by atoms with Crippen molar-refractivity contribution in [2.24, 2.45) is 0 Å². The van der Waals surface area contributed by atoms with Crippen LogP contribution in [0.15, 0.2) is 29.1 Å². The molecule has 0 saturated carbocycles. The highest BCUT2D eigenvalue weighted by atomic mass is 16.2. The summed E-state index contributed by atoms with van der Waals surface area (Å²) in [5.41, 5.74) is 2.70. The van der Waals surface area contributed by atoms with Crippen molar-refractivity contribution in [1.29, 1.82) is 0 Å². The summed E-state index contributed by atoms with van der Waals surface area (Å²) in [5.74, 6) is 0.585. The van der Waals surface area contributed by atoms with Gasteiger partial charge in [-0.05, 0) is 48.5 Å². The fourth-order valence-electron chi connectivity index (χ4n) is 3.27. The Morgan fingerprint density at radius 2 is 1.88 bits per heavy atom. The first-order valence-corrected chi connectivity index (χ1v) is 9.06. The third kappa shape index (κ3) is 4.10. The van der Waals surface area contributed by atoms with E-state index in [1.54, 1.807) is 0 Å². The number of rotatable bonds is 4. The number of amides is 1. The van der Waals surface area contributed by atoms with Gasteiger partial charge in [0.25, 0.3) is 5.56 Å². The van der Waals surface area contributed by atoms with Gasteiger partial charge >= 0.3 is 0 Å². The van der Waals surface area contributed by atoms with E-state index in [1.165, 1.54) is 5.56 Å². The normalized spacial score (nSPS) is 15.9. The zero-order valence-electron chi connectivity index (χ0n) is 15.3. The molecule has 5 nitrogen and oxygen atoms in total. The highest BCUT2D eigenvalue weighted by Crippen LogP contribution is 2.20. The van der Waals surface area contributed by atoms with Crippen LogP contribution in [0.3, 0.4) is 0 Å². The molecular weight excluding hydrogens is 314 g/mol. The zero-order chi connectivity index (χ0) is 18.0. The third-order valence-electron chi connectivity index (χ3n) is 5.08. The molecule has 1 aromatic carbocycles. The highest BCUT2D eigenvalue weighted by Gasteiger charge is 2.19. The minimum absolute atomic E-state index is 0.0871. The standard InChI is InChI=1S/C20H27N3O2/c1-14(2)15-4-6-18-17(12-15)13-16(20(25)21-18)5-7-19(24)23-10-8-22(3)9-11-23/h4,6,12-14H,5,7-11H2,1-3H3,(H,21,25). The van der Waals surface area contributed by atoms with Crippen LogP contribution in [-0.4, -0.2) is 53.9 Å². The number of aryl methyl sites for hydroxylation is 1. The molecule has 5 heteroatoms. The van der Waals surface area contributed by atoms with Crippen LogP contribution in [-0.2, 0) is 11.2 Å². The number of carbonyl (C=O) groups is 1. The lowest BCUT2D eigenvalue weighted by atomic mass is 10.00. The van der Waals surface area contributed by atoms with Gasteiger partial charge in [-0.3, -0.25) is 9.59 Å². The van der Waals surface area contributed by atoms with Crippen molar-refractivity contribution in [3.63, 3.8) is 0 Å². The molecule has 2 heterocycles. The first kappa shape index (κ1) is 17.7. The van der Waals surface area contributed by atoms with Crippen LogP contribution in [0.25, 0.3) is 10.9 Å².